The molecule has 0 aromatic carbocycles. The van der Waals surface area contributed by atoms with E-state index in [1.54, 1.807) is 13.1 Å². The van der Waals surface area contributed by atoms with E-state index < -0.39 is 18.5 Å². The molecule has 13 heteroatoms. The lowest BCUT2D eigenvalue weighted by molar-refractivity contribution is 0.0362. The van der Waals surface area contributed by atoms with E-state index in [1.807, 2.05) is 0 Å². The van der Waals surface area contributed by atoms with E-state index in [0.717, 1.165) is 4.57 Å². The summed E-state index contributed by atoms with van der Waals surface area (Å²) < 4.78 is 27.1. The van der Waals surface area contributed by atoms with Crippen molar-refractivity contribution in [2.75, 3.05) is 33.1 Å². The van der Waals surface area contributed by atoms with Crippen LogP contribution < -0.4 is 11.2 Å². The normalized spacial score (nSPS) is 20.8. The van der Waals surface area contributed by atoms with E-state index in [9.17, 15) is 24.2 Å². The number of aryl methyl sites for hydroxylation is 2. The highest BCUT2D eigenvalue weighted by Crippen LogP contribution is 2.40. The molecule has 2 unspecified atom stereocenters. The van der Waals surface area contributed by atoms with Crippen molar-refractivity contribution in [3.63, 3.8) is 0 Å². The third kappa shape index (κ3) is 6.04. The van der Waals surface area contributed by atoms with Crippen LogP contribution in [0.5, 0.6) is 0 Å². The Morgan fingerprint density at radius 1 is 1.22 bits per heavy atom. The Morgan fingerprint density at radius 3 is 2.72 bits per heavy atom. The first kappa shape index (κ1) is 24.6. The number of rotatable bonds is 12. The molecule has 0 amide bonds. The topological polar surface area (TPSA) is 134 Å². The van der Waals surface area contributed by atoms with Gasteiger partial charge in [0.25, 0.3) is 5.56 Å². The molecule has 178 valence electrons. The molecule has 0 radical (unpaired) electrons. The highest BCUT2D eigenvalue weighted by molar-refractivity contribution is 8.00. The molecule has 1 saturated heterocycles. The van der Waals surface area contributed by atoms with Crippen molar-refractivity contribution in [1.82, 2.24) is 24.1 Å². The van der Waals surface area contributed by atoms with Crippen molar-refractivity contribution in [2.24, 2.45) is 0 Å². The zero-order chi connectivity index (χ0) is 23.1. The number of hydrogen-bond donors (Lipinski definition) is 2. The zero-order valence-electron chi connectivity index (χ0n) is 17.8. The summed E-state index contributed by atoms with van der Waals surface area (Å²) >= 11 is 1.32. The fraction of sp³-hybridized carbons (Fsp3) is 0.684. The zero-order valence-corrected chi connectivity index (χ0v) is 18.6. The minimum atomic E-state index is -0.709. The summed E-state index contributed by atoms with van der Waals surface area (Å²) in [4.78, 5) is 25.3. The van der Waals surface area contributed by atoms with Gasteiger partial charge in [0.1, 0.15) is 12.4 Å². The summed E-state index contributed by atoms with van der Waals surface area (Å²) in [5, 5.41) is 26.3. The Bertz CT molecular complexity index is 995. The number of thioether (sulfide) groups is 1. The maximum Gasteiger partial charge on any atom is 0.332 e. The standard InChI is InChI=1S/C19H28FN5O6S/c1-13-9-25(17-8-15(27)16(11-26)32-17)19(29)24(18(13)28)4-5-30-6-7-31-12-14-10-23(3-2-20)22-21-14/h9-10,15-17,26-27H,2-8,11-12H2,1H3/t15?,16-,17?/m1/s1/i20-1. The molecule has 3 heterocycles. The molecule has 1 fully saturated rings. The summed E-state index contributed by atoms with van der Waals surface area (Å²) in [6.07, 6.45) is 2.73. The third-order valence-electron chi connectivity index (χ3n) is 5.04. The van der Waals surface area contributed by atoms with Crippen LogP contribution in [0.2, 0.25) is 0 Å². The van der Waals surface area contributed by atoms with E-state index in [0.29, 0.717) is 17.7 Å². The lowest BCUT2D eigenvalue weighted by Crippen LogP contribution is -2.42. The molecule has 1 aliphatic rings. The van der Waals surface area contributed by atoms with Crippen molar-refractivity contribution < 1.29 is 24.1 Å². The number of aliphatic hydroxyl groups excluding tert-OH is 2. The minimum absolute atomic E-state index is 0.0836. The summed E-state index contributed by atoms with van der Waals surface area (Å²) in [6.45, 7) is 2.08. The van der Waals surface area contributed by atoms with Crippen LogP contribution in [0.15, 0.2) is 22.0 Å². The van der Waals surface area contributed by atoms with Crippen molar-refractivity contribution in [1.29, 1.82) is 0 Å². The minimum Gasteiger partial charge on any atom is -0.395 e. The fourth-order valence-corrected chi connectivity index (χ4v) is 4.74. The summed E-state index contributed by atoms with van der Waals surface area (Å²) in [5.74, 6) is 0. The Morgan fingerprint density at radius 2 is 2.00 bits per heavy atom. The van der Waals surface area contributed by atoms with Crippen molar-refractivity contribution in [2.45, 2.75) is 49.8 Å². The Kier molecular flexibility index (Phi) is 8.99. The molecule has 2 aromatic rings. The van der Waals surface area contributed by atoms with Gasteiger partial charge in [0.05, 0.1) is 69.0 Å². The largest absolute Gasteiger partial charge is 0.395 e. The van der Waals surface area contributed by atoms with Gasteiger partial charge in [0.2, 0.25) is 0 Å². The smallest absolute Gasteiger partial charge is 0.332 e. The lowest BCUT2D eigenvalue weighted by atomic mass is 10.2. The first-order valence-corrected chi connectivity index (χ1v) is 11.3. The van der Waals surface area contributed by atoms with E-state index in [1.165, 1.54) is 27.2 Å². The fourth-order valence-electron chi connectivity index (χ4n) is 3.36. The molecular formula is C19H28FN5O6S. The van der Waals surface area contributed by atoms with Crippen LogP contribution in [0.1, 0.15) is 23.1 Å². The van der Waals surface area contributed by atoms with Crippen molar-refractivity contribution >= 4 is 11.8 Å². The number of aliphatic hydroxyl groups is 2. The third-order valence-corrected chi connectivity index (χ3v) is 6.59. The van der Waals surface area contributed by atoms with Gasteiger partial charge in [0, 0.05) is 18.2 Å². The molecule has 3 rings (SSSR count). The van der Waals surface area contributed by atoms with Crippen LogP contribution in [0.3, 0.4) is 0 Å². The highest BCUT2D eigenvalue weighted by atomic mass is 32.2. The van der Waals surface area contributed by atoms with Gasteiger partial charge >= 0.3 is 5.69 Å². The molecule has 0 saturated carbocycles. The summed E-state index contributed by atoms with van der Waals surface area (Å²) in [6, 6.07) is 0. The van der Waals surface area contributed by atoms with Gasteiger partial charge in [-0.25, -0.2) is 13.9 Å². The number of hydrogen-bond acceptors (Lipinski definition) is 9. The van der Waals surface area contributed by atoms with Gasteiger partial charge in [-0.05, 0) is 6.92 Å². The molecule has 0 bridgehead atoms. The van der Waals surface area contributed by atoms with Gasteiger partial charge < -0.3 is 19.7 Å². The first-order valence-electron chi connectivity index (χ1n) is 10.3. The quantitative estimate of drug-likeness (QED) is 0.391. The highest BCUT2D eigenvalue weighted by Gasteiger charge is 2.35. The molecule has 2 N–H and O–H groups in total. The summed E-state index contributed by atoms with van der Waals surface area (Å²) in [5.41, 5.74) is 0.143. The maximum atomic E-state index is 12.9. The Balaban J connectivity index is 1.48. The molecule has 1 aliphatic heterocycles. The van der Waals surface area contributed by atoms with Crippen LogP contribution in [0.25, 0.3) is 0 Å². The number of aromatic nitrogens is 5. The number of halogens is 1. The van der Waals surface area contributed by atoms with E-state index in [4.69, 9.17) is 9.47 Å². The van der Waals surface area contributed by atoms with Crippen LogP contribution in [0.4, 0.5) is 4.39 Å². The number of alkyl halides is 1. The van der Waals surface area contributed by atoms with Crippen molar-refractivity contribution in [3.8, 4) is 0 Å². The van der Waals surface area contributed by atoms with Gasteiger partial charge in [-0.1, -0.05) is 5.21 Å². The van der Waals surface area contributed by atoms with Crippen LogP contribution in [-0.2, 0) is 29.2 Å². The second-order valence-corrected chi connectivity index (χ2v) is 8.82. The summed E-state index contributed by atoms with van der Waals surface area (Å²) in [7, 11) is 0. The van der Waals surface area contributed by atoms with Gasteiger partial charge in [-0.15, -0.1) is 16.9 Å². The number of ether oxygens (including phenoxy) is 2. The second kappa shape index (κ2) is 11.7. The Labute approximate surface area is 187 Å². The predicted octanol–water partition coefficient (Wildman–Crippen LogP) is -0.530. The molecule has 2 aromatic heterocycles. The molecule has 0 aliphatic carbocycles. The maximum absolute atomic E-state index is 12.9. The van der Waals surface area contributed by atoms with Crippen LogP contribution >= 0.6 is 11.8 Å². The SMILES string of the molecule is Cc1cn(C2CC(O)[C@@H](CO)S2)c(=O)n(CCOCCOCc2cn(CC[18F])nn2)c1=O. The average molecular weight is 473 g/mol. The van der Waals surface area contributed by atoms with Gasteiger partial charge in [0.15, 0.2) is 0 Å². The van der Waals surface area contributed by atoms with Crippen LogP contribution in [0, 0.1) is 6.92 Å². The average Bonchev–Trinajstić information content (AvgIpc) is 3.38. The van der Waals surface area contributed by atoms with Gasteiger partial charge in [-0.2, -0.15) is 0 Å². The molecule has 3 atom stereocenters. The van der Waals surface area contributed by atoms with Gasteiger partial charge in [-0.3, -0.25) is 13.9 Å². The first-order chi connectivity index (χ1) is 15.4. The number of nitrogens with zero attached hydrogens (tertiary/aromatic N) is 5. The molecular weight excluding hydrogens is 444 g/mol. The molecule has 0 spiro atoms. The lowest BCUT2D eigenvalue weighted by Gasteiger charge is -2.16. The predicted molar refractivity (Wildman–Crippen MR) is 114 cm³/mol. The van der Waals surface area contributed by atoms with E-state index in [2.05, 4.69) is 10.3 Å². The van der Waals surface area contributed by atoms with Crippen LogP contribution in [-0.4, -0.2) is 78.8 Å². The Hall–Kier alpha value is -2.06. The molecule has 11 nitrogen and oxygen atoms in total. The van der Waals surface area contributed by atoms with E-state index >= 15 is 0 Å². The van der Waals surface area contributed by atoms with Crippen molar-refractivity contribution in [3.05, 3.63) is 44.5 Å². The molecule has 32 heavy (non-hydrogen) atoms. The monoisotopic (exact) mass is 472 g/mol. The second-order valence-electron chi connectivity index (χ2n) is 7.40. The van der Waals surface area contributed by atoms with E-state index in [-0.39, 0.29) is 62.3 Å².